The molecule has 4 heteroatoms. The Labute approximate surface area is 179 Å². The lowest BCUT2D eigenvalue weighted by Crippen LogP contribution is -2.72. The van der Waals surface area contributed by atoms with Crippen LogP contribution >= 0.6 is 0 Å². The van der Waals surface area contributed by atoms with Crippen LogP contribution in [0.1, 0.15) is 48.8 Å². The molecule has 0 aromatic heterocycles. The fraction of sp³-hybridized carbons (Fsp3) is 0.538. The van der Waals surface area contributed by atoms with Crippen LogP contribution in [0.4, 0.5) is 0 Å². The first-order valence-corrected chi connectivity index (χ1v) is 11.4. The molecule has 3 aliphatic rings. The number of hydrogen-bond donors (Lipinski definition) is 1. The van der Waals surface area contributed by atoms with E-state index in [2.05, 4.69) is 41.3 Å². The standard InChI is InChI=1S/C26H33NO3/c1-29-21-11-10-20-18-22-26(28)14-7-6-13-25(26,23(20)24(21)30-2)15-17-27(22)16-12-19-8-4-3-5-9-19/h3-5,8-11,22,28H,6-7,12-18H2,1-2H3/t22-,25+,26-/m1/s1. The van der Waals surface area contributed by atoms with Crippen LogP contribution in [0.2, 0.25) is 0 Å². The fourth-order valence-corrected chi connectivity index (χ4v) is 6.72. The predicted octanol–water partition coefficient (Wildman–Crippen LogP) is 4.12. The molecule has 2 bridgehead atoms. The van der Waals surface area contributed by atoms with Gasteiger partial charge in [0.2, 0.25) is 0 Å². The maximum atomic E-state index is 12.3. The average Bonchev–Trinajstić information content (AvgIpc) is 2.78. The zero-order valence-electron chi connectivity index (χ0n) is 18.2. The molecule has 1 saturated carbocycles. The molecule has 1 aliphatic heterocycles. The van der Waals surface area contributed by atoms with Gasteiger partial charge in [0.25, 0.3) is 0 Å². The molecular weight excluding hydrogens is 374 g/mol. The molecule has 2 fully saturated rings. The van der Waals surface area contributed by atoms with Gasteiger partial charge in [-0.25, -0.2) is 0 Å². The molecule has 0 spiro atoms. The summed E-state index contributed by atoms with van der Waals surface area (Å²) in [5.41, 5.74) is 2.99. The summed E-state index contributed by atoms with van der Waals surface area (Å²) in [6, 6.07) is 15.1. The summed E-state index contributed by atoms with van der Waals surface area (Å²) in [7, 11) is 3.44. The molecule has 5 rings (SSSR count). The van der Waals surface area contributed by atoms with Crippen LogP contribution in [0.25, 0.3) is 0 Å². The van der Waals surface area contributed by atoms with Crippen molar-refractivity contribution in [1.29, 1.82) is 0 Å². The van der Waals surface area contributed by atoms with E-state index >= 15 is 0 Å². The summed E-state index contributed by atoms with van der Waals surface area (Å²) >= 11 is 0. The SMILES string of the molecule is COc1ccc2c(c1OC)[C@@]13CCCC[C@@]1(O)[C@@H](C2)N(CCc1ccccc1)CC3. The quantitative estimate of drug-likeness (QED) is 0.810. The molecule has 2 aromatic carbocycles. The van der Waals surface area contributed by atoms with Crippen LogP contribution in [0, 0.1) is 0 Å². The van der Waals surface area contributed by atoms with Crippen LogP contribution in [0.3, 0.4) is 0 Å². The lowest BCUT2D eigenvalue weighted by molar-refractivity contribution is -0.166. The molecule has 0 radical (unpaired) electrons. The zero-order chi connectivity index (χ0) is 20.8. The predicted molar refractivity (Wildman–Crippen MR) is 118 cm³/mol. The summed E-state index contributed by atoms with van der Waals surface area (Å²) < 4.78 is 11.5. The largest absolute Gasteiger partial charge is 0.493 e. The summed E-state index contributed by atoms with van der Waals surface area (Å²) in [6.07, 6.45) is 7.05. The van der Waals surface area contributed by atoms with Gasteiger partial charge in [0.15, 0.2) is 11.5 Å². The minimum Gasteiger partial charge on any atom is -0.493 e. The average molecular weight is 408 g/mol. The Balaban J connectivity index is 1.55. The minimum absolute atomic E-state index is 0.167. The number of ether oxygens (including phenoxy) is 2. The summed E-state index contributed by atoms with van der Waals surface area (Å²) in [5.74, 6) is 1.62. The fourth-order valence-electron chi connectivity index (χ4n) is 6.72. The first-order valence-electron chi connectivity index (χ1n) is 11.4. The van der Waals surface area contributed by atoms with Crippen molar-refractivity contribution in [2.75, 3.05) is 27.3 Å². The Morgan fingerprint density at radius 2 is 1.80 bits per heavy atom. The lowest BCUT2D eigenvalue weighted by Gasteiger charge is -2.64. The van der Waals surface area contributed by atoms with Gasteiger partial charge >= 0.3 is 0 Å². The molecule has 30 heavy (non-hydrogen) atoms. The van der Waals surface area contributed by atoms with Crippen LogP contribution < -0.4 is 9.47 Å². The zero-order valence-corrected chi connectivity index (χ0v) is 18.2. The minimum atomic E-state index is -0.702. The number of hydrogen-bond acceptors (Lipinski definition) is 4. The molecule has 1 heterocycles. The van der Waals surface area contributed by atoms with Crippen LogP contribution in [0.15, 0.2) is 42.5 Å². The van der Waals surface area contributed by atoms with Gasteiger partial charge in [-0.05, 0) is 55.8 Å². The molecule has 3 atom stereocenters. The van der Waals surface area contributed by atoms with E-state index in [9.17, 15) is 5.11 Å². The van der Waals surface area contributed by atoms with E-state index in [0.717, 1.165) is 63.1 Å². The normalized spacial score (nSPS) is 30.3. The smallest absolute Gasteiger partial charge is 0.164 e. The molecular formula is C26H33NO3. The molecule has 2 aliphatic carbocycles. The van der Waals surface area contributed by atoms with Gasteiger partial charge in [-0.2, -0.15) is 0 Å². The van der Waals surface area contributed by atoms with Crippen molar-refractivity contribution in [2.45, 2.75) is 62.0 Å². The van der Waals surface area contributed by atoms with Gasteiger partial charge in [-0.3, -0.25) is 4.90 Å². The van der Waals surface area contributed by atoms with Crippen molar-refractivity contribution >= 4 is 0 Å². The Morgan fingerprint density at radius 1 is 1.00 bits per heavy atom. The van der Waals surface area contributed by atoms with Crippen LogP contribution in [-0.4, -0.2) is 49.0 Å². The number of fused-ring (bicyclic) bond motifs is 1. The van der Waals surface area contributed by atoms with Crippen molar-refractivity contribution in [1.82, 2.24) is 4.90 Å². The Hall–Kier alpha value is -2.04. The van der Waals surface area contributed by atoms with Crippen molar-refractivity contribution in [3.05, 3.63) is 59.2 Å². The van der Waals surface area contributed by atoms with Crippen molar-refractivity contribution in [3.63, 3.8) is 0 Å². The maximum Gasteiger partial charge on any atom is 0.164 e. The van der Waals surface area contributed by atoms with E-state index in [-0.39, 0.29) is 11.5 Å². The monoisotopic (exact) mass is 407 g/mol. The third kappa shape index (κ3) is 2.80. The second-order valence-electron chi connectivity index (χ2n) is 9.29. The Bertz CT molecular complexity index is 914. The van der Waals surface area contributed by atoms with Crippen LogP contribution in [0.5, 0.6) is 11.5 Å². The highest BCUT2D eigenvalue weighted by molar-refractivity contribution is 5.58. The first kappa shape index (κ1) is 19.9. The van der Waals surface area contributed by atoms with Crippen molar-refractivity contribution in [2.24, 2.45) is 0 Å². The number of benzene rings is 2. The van der Waals surface area contributed by atoms with Gasteiger partial charge in [0.05, 0.1) is 19.8 Å². The van der Waals surface area contributed by atoms with E-state index in [4.69, 9.17) is 9.47 Å². The summed E-state index contributed by atoms with van der Waals surface area (Å²) in [6.45, 7) is 2.02. The third-order valence-electron chi connectivity index (χ3n) is 8.11. The highest BCUT2D eigenvalue weighted by Crippen LogP contribution is 2.61. The number of aliphatic hydroxyl groups is 1. The number of piperidine rings is 1. The van der Waals surface area contributed by atoms with Crippen LogP contribution in [-0.2, 0) is 18.3 Å². The molecule has 160 valence electrons. The molecule has 1 N–H and O–H groups in total. The molecule has 1 saturated heterocycles. The lowest BCUT2D eigenvalue weighted by atomic mass is 9.49. The third-order valence-corrected chi connectivity index (χ3v) is 8.11. The number of nitrogens with zero attached hydrogens (tertiary/aromatic N) is 1. The van der Waals surface area contributed by atoms with E-state index in [0.29, 0.717) is 0 Å². The van der Waals surface area contributed by atoms with Gasteiger partial charge in [-0.1, -0.05) is 49.2 Å². The van der Waals surface area contributed by atoms with Gasteiger partial charge < -0.3 is 14.6 Å². The van der Waals surface area contributed by atoms with E-state index in [1.807, 2.05) is 6.07 Å². The molecule has 2 aromatic rings. The molecule has 0 amide bonds. The maximum absolute atomic E-state index is 12.3. The topological polar surface area (TPSA) is 41.9 Å². The van der Waals surface area contributed by atoms with E-state index in [1.54, 1.807) is 14.2 Å². The van der Waals surface area contributed by atoms with Gasteiger partial charge in [0, 0.05) is 23.6 Å². The second kappa shape index (κ2) is 7.58. The van der Waals surface area contributed by atoms with E-state index < -0.39 is 5.60 Å². The second-order valence-corrected chi connectivity index (χ2v) is 9.29. The Morgan fingerprint density at radius 3 is 2.57 bits per heavy atom. The van der Waals surface area contributed by atoms with Crippen molar-refractivity contribution < 1.29 is 14.6 Å². The van der Waals surface area contributed by atoms with Crippen molar-refractivity contribution in [3.8, 4) is 11.5 Å². The summed E-state index contributed by atoms with van der Waals surface area (Å²) in [4.78, 5) is 2.57. The number of rotatable bonds is 5. The summed E-state index contributed by atoms with van der Waals surface area (Å²) in [5, 5.41) is 12.3. The van der Waals surface area contributed by atoms with Gasteiger partial charge in [-0.15, -0.1) is 0 Å². The Kier molecular flexibility index (Phi) is 5.03. The molecule has 0 unspecified atom stereocenters. The highest BCUT2D eigenvalue weighted by atomic mass is 16.5. The highest BCUT2D eigenvalue weighted by Gasteiger charge is 2.64. The van der Waals surface area contributed by atoms with E-state index in [1.165, 1.54) is 23.1 Å². The number of methoxy groups -OCH3 is 2. The first-order chi connectivity index (χ1) is 14.6. The van der Waals surface area contributed by atoms with Gasteiger partial charge in [0.1, 0.15) is 0 Å². The number of likely N-dealkylation sites (tertiary alicyclic amines) is 1. The molecule has 4 nitrogen and oxygen atoms in total.